The molecular weight excluding hydrogens is 481 g/mol. The Hall–Kier alpha value is -2.14. The Kier molecular flexibility index (Phi) is 8.04. The summed E-state index contributed by atoms with van der Waals surface area (Å²) in [5.74, 6) is -1.03. The largest absolute Gasteiger partial charge is 0.481 e. The van der Waals surface area contributed by atoms with E-state index in [0.29, 0.717) is 51.1 Å². The molecule has 1 N–H and O–H groups in total. The number of nitrogens with zero attached hydrogens (tertiary/aromatic N) is 2. The van der Waals surface area contributed by atoms with Gasteiger partial charge in [0, 0.05) is 26.2 Å². The molecule has 0 spiro atoms. The van der Waals surface area contributed by atoms with E-state index in [9.17, 15) is 26.4 Å². The van der Waals surface area contributed by atoms with Crippen molar-refractivity contribution in [2.24, 2.45) is 0 Å². The molecule has 0 bridgehead atoms. The van der Waals surface area contributed by atoms with Crippen molar-refractivity contribution in [2.45, 2.75) is 30.3 Å². The first-order chi connectivity index (χ1) is 15.5. The van der Waals surface area contributed by atoms with Gasteiger partial charge in [0.1, 0.15) is 0 Å². The molecule has 0 saturated carbocycles. The van der Waals surface area contributed by atoms with Crippen LogP contribution < -0.4 is 0 Å². The lowest BCUT2D eigenvalue weighted by Crippen LogP contribution is -2.48. The number of aliphatic carboxylic acids is 1. The van der Waals surface area contributed by atoms with Gasteiger partial charge in [-0.25, -0.2) is 8.42 Å². The molecule has 180 valence electrons. The van der Waals surface area contributed by atoms with Crippen molar-refractivity contribution in [1.29, 1.82) is 0 Å². The van der Waals surface area contributed by atoms with E-state index in [1.54, 1.807) is 6.07 Å². The summed E-state index contributed by atoms with van der Waals surface area (Å²) in [4.78, 5) is 13.1. The number of benzene rings is 2. The van der Waals surface area contributed by atoms with Crippen LogP contribution in [0, 0.1) is 0 Å². The molecule has 0 radical (unpaired) electrons. The average Bonchev–Trinajstić information content (AvgIpc) is 2.73. The zero-order valence-electron chi connectivity index (χ0n) is 17.7. The molecule has 6 nitrogen and oxygen atoms in total. The SMILES string of the molecule is O=C(O)Cc1cccc(S(=O)(=O)N2CCN(CCCc3ccc(C(F)(F)F)c(Cl)c3)CC2)c1. The highest BCUT2D eigenvalue weighted by atomic mass is 35.5. The summed E-state index contributed by atoms with van der Waals surface area (Å²) in [7, 11) is -3.72. The van der Waals surface area contributed by atoms with Crippen LogP contribution in [0.5, 0.6) is 0 Å². The van der Waals surface area contributed by atoms with Gasteiger partial charge >= 0.3 is 12.1 Å². The number of aryl methyl sites for hydroxylation is 1. The molecule has 0 aromatic heterocycles. The van der Waals surface area contributed by atoms with Crippen molar-refractivity contribution in [3.05, 3.63) is 64.2 Å². The third kappa shape index (κ3) is 6.69. The Balaban J connectivity index is 1.51. The van der Waals surface area contributed by atoms with Gasteiger partial charge in [-0.15, -0.1) is 0 Å². The molecule has 3 rings (SSSR count). The van der Waals surface area contributed by atoms with Gasteiger partial charge in [0.05, 0.1) is 21.9 Å². The Bertz CT molecular complexity index is 1100. The van der Waals surface area contributed by atoms with Crippen molar-refractivity contribution < 1.29 is 31.5 Å². The third-order valence-electron chi connectivity index (χ3n) is 5.50. The van der Waals surface area contributed by atoms with Crippen LogP contribution in [0.15, 0.2) is 47.4 Å². The van der Waals surface area contributed by atoms with E-state index in [4.69, 9.17) is 16.7 Å². The summed E-state index contributed by atoms with van der Waals surface area (Å²) in [6.07, 6.45) is -3.47. The maximum atomic E-state index is 12.9. The molecule has 2 aromatic carbocycles. The minimum atomic E-state index is -4.48. The Morgan fingerprint density at radius 1 is 1.03 bits per heavy atom. The van der Waals surface area contributed by atoms with Crippen LogP contribution >= 0.6 is 11.6 Å². The number of carboxylic acid groups (broad SMARTS) is 1. The Labute approximate surface area is 195 Å². The lowest BCUT2D eigenvalue weighted by molar-refractivity contribution is -0.138. The molecule has 1 fully saturated rings. The summed E-state index contributed by atoms with van der Waals surface area (Å²) < 4.78 is 65.7. The number of halogens is 4. The number of hydrogen-bond donors (Lipinski definition) is 1. The molecule has 0 atom stereocenters. The van der Waals surface area contributed by atoms with E-state index in [1.165, 1.54) is 34.6 Å². The van der Waals surface area contributed by atoms with Gasteiger partial charge in [-0.05, 0) is 54.8 Å². The molecule has 11 heteroatoms. The standard InChI is InChI=1S/C22H24ClF3N2O4S/c23-20-14-16(6-7-19(20)22(24,25)26)4-2-8-27-9-11-28(12-10-27)33(31,32)18-5-1-3-17(13-18)15-21(29)30/h1,3,5-7,13-14H,2,4,8-12,15H2,(H,29,30). The zero-order chi connectivity index (χ0) is 24.2. The highest BCUT2D eigenvalue weighted by Gasteiger charge is 2.33. The first-order valence-electron chi connectivity index (χ1n) is 10.4. The van der Waals surface area contributed by atoms with Gasteiger partial charge in [0.25, 0.3) is 0 Å². The van der Waals surface area contributed by atoms with E-state index in [0.717, 1.165) is 11.6 Å². The smallest absolute Gasteiger partial charge is 0.417 e. The van der Waals surface area contributed by atoms with Crippen LogP contribution in [-0.2, 0) is 33.8 Å². The summed E-state index contributed by atoms with van der Waals surface area (Å²) in [5.41, 5.74) is 0.291. The van der Waals surface area contributed by atoms with E-state index >= 15 is 0 Å². The molecule has 0 unspecified atom stereocenters. The highest BCUT2D eigenvalue weighted by molar-refractivity contribution is 7.89. The Morgan fingerprint density at radius 2 is 1.73 bits per heavy atom. The predicted molar refractivity (Wildman–Crippen MR) is 118 cm³/mol. The average molecular weight is 505 g/mol. The van der Waals surface area contributed by atoms with Gasteiger partial charge in [0.2, 0.25) is 10.0 Å². The van der Waals surface area contributed by atoms with Crippen molar-refractivity contribution in [3.8, 4) is 0 Å². The maximum Gasteiger partial charge on any atom is 0.417 e. The fourth-order valence-electron chi connectivity index (χ4n) is 3.78. The van der Waals surface area contributed by atoms with E-state index in [2.05, 4.69) is 4.90 Å². The summed E-state index contributed by atoms with van der Waals surface area (Å²) in [6.45, 7) is 2.35. The first kappa shape index (κ1) is 25.5. The van der Waals surface area contributed by atoms with Crippen LogP contribution in [0.1, 0.15) is 23.1 Å². The lowest BCUT2D eigenvalue weighted by atomic mass is 10.1. The van der Waals surface area contributed by atoms with Gasteiger partial charge in [-0.1, -0.05) is 29.8 Å². The molecule has 1 aliphatic heterocycles. The van der Waals surface area contributed by atoms with Crippen LogP contribution in [0.25, 0.3) is 0 Å². The number of carbonyl (C=O) groups is 1. The lowest BCUT2D eigenvalue weighted by Gasteiger charge is -2.34. The second-order valence-electron chi connectivity index (χ2n) is 7.88. The van der Waals surface area contributed by atoms with Crippen molar-refractivity contribution >= 4 is 27.6 Å². The molecule has 1 heterocycles. The van der Waals surface area contributed by atoms with Crippen LogP contribution in [-0.4, -0.2) is 61.4 Å². The number of hydrogen-bond acceptors (Lipinski definition) is 4. The summed E-state index contributed by atoms with van der Waals surface area (Å²) in [6, 6.07) is 9.73. The number of piperazine rings is 1. The molecule has 0 amide bonds. The quantitative estimate of drug-likeness (QED) is 0.589. The van der Waals surface area contributed by atoms with Gasteiger partial charge in [0.15, 0.2) is 0 Å². The van der Waals surface area contributed by atoms with Gasteiger partial charge in [-0.3, -0.25) is 4.79 Å². The maximum absolute atomic E-state index is 12.9. The van der Waals surface area contributed by atoms with Crippen LogP contribution in [0.4, 0.5) is 13.2 Å². The van der Waals surface area contributed by atoms with Crippen molar-refractivity contribution in [3.63, 3.8) is 0 Å². The number of alkyl halides is 3. The Morgan fingerprint density at radius 3 is 2.33 bits per heavy atom. The zero-order valence-corrected chi connectivity index (χ0v) is 19.3. The summed E-state index contributed by atoms with van der Waals surface area (Å²) in [5, 5.41) is 8.61. The fraction of sp³-hybridized carbons (Fsp3) is 0.409. The van der Waals surface area contributed by atoms with Crippen molar-refractivity contribution in [1.82, 2.24) is 9.21 Å². The first-order valence-corrected chi connectivity index (χ1v) is 12.2. The van der Waals surface area contributed by atoms with Gasteiger partial charge in [-0.2, -0.15) is 17.5 Å². The molecular formula is C22H24ClF3N2O4S. The minimum absolute atomic E-state index is 0.0777. The minimum Gasteiger partial charge on any atom is -0.481 e. The van der Waals surface area contributed by atoms with Crippen LogP contribution in [0.3, 0.4) is 0 Å². The fourth-order valence-corrected chi connectivity index (χ4v) is 5.59. The molecule has 1 aliphatic rings. The number of sulfonamides is 1. The van der Waals surface area contributed by atoms with E-state index in [1.807, 2.05) is 0 Å². The predicted octanol–water partition coefficient (Wildman–Crippen LogP) is 3.93. The molecule has 1 saturated heterocycles. The second kappa shape index (κ2) is 10.4. The monoisotopic (exact) mass is 504 g/mol. The normalized spacial score (nSPS) is 16.1. The van der Waals surface area contributed by atoms with E-state index < -0.39 is 27.7 Å². The molecule has 0 aliphatic carbocycles. The van der Waals surface area contributed by atoms with Gasteiger partial charge < -0.3 is 10.0 Å². The highest BCUT2D eigenvalue weighted by Crippen LogP contribution is 2.35. The van der Waals surface area contributed by atoms with Crippen molar-refractivity contribution in [2.75, 3.05) is 32.7 Å². The third-order valence-corrected chi connectivity index (χ3v) is 7.71. The molecule has 33 heavy (non-hydrogen) atoms. The van der Waals surface area contributed by atoms with Crippen LogP contribution in [0.2, 0.25) is 5.02 Å². The summed E-state index contributed by atoms with van der Waals surface area (Å²) >= 11 is 5.76. The topological polar surface area (TPSA) is 77.9 Å². The molecule has 2 aromatic rings. The second-order valence-corrected chi connectivity index (χ2v) is 10.2. The number of carboxylic acids is 1. The van der Waals surface area contributed by atoms with E-state index in [-0.39, 0.29) is 16.3 Å². The number of rotatable bonds is 8.